The summed E-state index contributed by atoms with van der Waals surface area (Å²) in [5, 5.41) is 10.8. The molecule has 0 amide bonds. The number of alkyl halides is 3. The fourth-order valence-corrected chi connectivity index (χ4v) is 3.14. The van der Waals surface area contributed by atoms with Crippen molar-refractivity contribution in [2.75, 3.05) is 38.2 Å². The zero-order valence-corrected chi connectivity index (χ0v) is 15.1. The van der Waals surface area contributed by atoms with Crippen LogP contribution in [0.5, 0.6) is 5.88 Å². The molecule has 0 aromatic carbocycles. The minimum atomic E-state index is -4.60. The molecule has 4 heterocycles. The second-order valence-electron chi connectivity index (χ2n) is 6.45. The van der Waals surface area contributed by atoms with E-state index in [2.05, 4.69) is 25.2 Å². The lowest BCUT2D eigenvalue weighted by atomic mass is 10.2. The van der Waals surface area contributed by atoms with Gasteiger partial charge in [-0.05, 0) is 17.7 Å². The Balaban J connectivity index is 1.43. The summed E-state index contributed by atoms with van der Waals surface area (Å²) in [5.74, 6) is -0.0687. The summed E-state index contributed by atoms with van der Waals surface area (Å²) in [6, 6.07) is 6.97. The van der Waals surface area contributed by atoms with E-state index >= 15 is 0 Å². The zero-order chi connectivity index (χ0) is 19.7. The molecule has 3 aromatic rings. The number of fused-ring (bicyclic) bond motifs is 1. The van der Waals surface area contributed by atoms with Crippen LogP contribution in [0.2, 0.25) is 0 Å². The molecule has 1 fully saturated rings. The van der Waals surface area contributed by atoms with Crippen LogP contribution in [0, 0.1) is 0 Å². The molecule has 0 unspecified atom stereocenters. The van der Waals surface area contributed by atoms with Crippen molar-refractivity contribution < 1.29 is 17.9 Å². The van der Waals surface area contributed by atoms with Gasteiger partial charge in [-0.15, -0.1) is 15.3 Å². The molecule has 8 nitrogen and oxygen atoms in total. The molecule has 0 radical (unpaired) electrons. The maximum atomic E-state index is 13.0. The first-order valence-corrected chi connectivity index (χ1v) is 8.70. The number of nitrogens with zero attached hydrogens (tertiary/aromatic N) is 7. The maximum absolute atomic E-state index is 13.0. The number of halogens is 3. The lowest BCUT2D eigenvalue weighted by Gasteiger charge is -2.35. The second kappa shape index (κ2) is 7.23. The van der Waals surface area contributed by atoms with Gasteiger partial charge in [0.1, 0.15) is 5.82 Å². The Labute approximate surface area is 158 Å². The van der Waals surface area contributed by atoms with Crippen molar-refractivity contribution in [2.24, 2.45) is 0 Å². The van der Waals surface area contributed by atoms with E-state index in [9.17, 15) is 13.2 Å². The quantitative estimate of drug-likeness (QED) is 0.670. The van der Waals surface area contributed by atoms with E-state index in [-0.39, 0.29) is 5.65 Å². The summed E-state index contributed by atoms with van der Waals surface area (Å²) in [7, 11) is 1.57. The molecule has 0 atom stereocenters. The highest BCUT2D eigenvalue weighted by Crippen LogP contribution is 2.28. The number of ether oxygens (including phenoxy) is 1. The number of hydrogen-bond acceptors (Lipinski definition) is 7. The van der Waals surface area contributed by atoms with Gasteiger partial charge in [0.25, 0.3) is 5.82 Å². The summed E-state index contributed by atoms with van der Waals surface area (Å²) >= 11 is 0. The lowest BCUT2D eigenvalue weighted by molar-refractivity contribution is -0.146. The molecule has 11 heteroatoms. The maximum Gasteiger partial charge on any atom is 0.453 e. The molecule has 0 spiro atoms. The third kappa shape index (κ3) is 3.70. The van der Waals surface area contributed by atoms with Gasteiger partial charge in [0, 0.05) is 45.0 Å². The molecule has 1 saturated heterocycles. The van der Waals surface area contributed by atoms with Crippen molar-refractivity contribution >= 4 is 11.5 Å². The normalized spacial score (nSPS) is 15.9. The third-order valence-corrected chi connectivity index (χ3v) is 4.61. The fraction of sp³-hybridized carbons (Fsp3) is 0.412. The number of piperazine rings is 1. The van der Waals surface area contributed by atoms with Crippen molar-refractivity contribution in [3.05, 3.63) is 41.9 Å². The minimum Gasteiger partial charge on any atom is -0.481 e. The van der Waals surface area contributed by atoms with E-state index < -0.39 is 12.0 Å². The van der Waals surface area contributed by atoms with Crippen molar-refractivity contribution in [1.29, 1.82) is 0 Å². The molecule has 1 aliphatic rings. The average Bonchev–Trinajstić information content (AvgIpc) is 3.13. The standard InChI is InChI=1S/C17H18F3N7O/c1-28-15-5-2-12(10-21-15)11-25-6-8-26(9-7-25)14-4-3-13-22-23-16(17(18,19)20)27(13)24-14/h2-5,10H,6-9,11H2,1H3. The molecule has 148 valence electrons. The highest BCUT2D eigenvalue weighted by atomic mass is 19.4. The first-order chi connectivity index (χ1) is 13.4. The number of anilines is 1. The van der Waals surface area contributed by atoms with E-state index in [4.69, 9.17) is 4.74 Å². The second-order valence-corrected chi connectivity index (χ2v) is 6.45. The summed E-state index contributed by atoms with van der Waals surface area (Å²) in [5.41, 5.74) is 1.15. The van der Waals surface area contributed by atoms with Gasteiger partial charge in [0.15, 0.2) is 5.65 Å². The molecule has 28 heavy (non-hydrogen) atoms. The minimum absolute atomic E-state index is 0.0710. The average molecular weight is 393 g/mol. The Morgan fingerprint density at radius 1 is 1.04 bits per heavy atom. The smallest absolute Gasteiger partial charge is 0.453 e. The van der Waals surface area contributed by atoms with Gasteiger partial charge in [-0.25, -0.2) is 4.98 Å². The number of aromatic nitrogens is 5. The van der Waals surface area contributed by atoms with Crippen LogP contribution in [0.4, 0.5) is 19.0 Å². The van der Waals surface area contributed by atoms with Crippen molar-refractivity contribution in [3.8, 4) is 5.88 Å². The van der Waals surface area contributed by atoms with Crippen molar-refractivity contribution in [1.82, 2.24) is 29.7 Å². The van der Waals surface area contributed by atoms with Gasteiger partial charge in [0.2, 0.25) is 5.88 Å². The fourth-order valence-electron chi connectivity index (χ4n) is 3.14. The Hall–Kier alpha value is -2.95. The topological polar surface area (TPSA) is 71.7 Å². The van der Waals surface area contributed by atoms with Gasteiger partial charge in [0.05, 0.1) is 7.11 Å². The van der Waals surface area contributed by atoms with Crippen LogP contribution in [-0.4, -0.2) is 63.0 Å². The van der Waals surface area contributed by atoms with E-state index in [0.29, 0.717) is 24.8 Å². The van der Waals surface area contributed by atoms with Crippen LogP contribution in [0.25, 0.3) is 5.65 Å². The molecule has 0 aliphatic carbocycles. The van der Waals surface area contributed by atoms with Crippen LogP contribution >= 0.6 is 0 Å². The number of hydrogen-bond donors (Lipinski definition) is 0. The van der Waals surface area contributed by atoms with E-state index in [1.165, 1.54) is 6.07 Å². The van der Waals surface area contributed by atoms with E-state index in [1.54, 1.807) is 19.4 Å². The first kappa shape index (κ1) is 18.4. The molecule has 0 N–H and O–H groups in total. The van der Waals surface area contributed by atoms with E-state index in [0.717, 1.165) is 29.7 Å². The summed E-state index contributed by atoms with van der Waals surface area (Å²) in [6.45, 7) is 3.60. The van der Waals surface area contributed by atoms with Gasteiger partial charge in [-0.2, -0.15) is 17.7 Å². The van der Waals surface area contributed by atoms with E-state index in [1.807, 2.05) is 17.0 Å². The summed E-state index contributed by atoms with van der Waals surface area (Å²) < 4.78 is 44.9. The predicted octanol–water partition coefficient (Wildman–Crippen LogP) is 1.87. The number of pyridine rings is 1. The highest BCUT2D eigenvalue weighted by molar-refractivity contribution is 5.46. The Morgan fingerprint density at radius 2 is 1.82 bits per heavy atom. The van der Waals surface area contributed by atoms with Gasteiger partial charge in [-0.3, -0.25) is 4.90 Å². The SMILES string of the molecule is COc1ccc(CN2CCN(c3ccc4nnc(C(F)(F)F)n4n3)CC2)cn1. The summed E-state index contributed by atoms with van der Waals surface area (Å²) in [6.07, 6.45) is -2.82. The van der Waals surface area contributed by atoms with Crippen LogP contribution in [0.15, 0.2) is 30.5 Å². The summed E-state index contributed by atoms with van der Waals surface area (Å²) in [4.78, 5) is 8.42. The first-order valence-electron chi connectivity index (χ1n) is 8.70. The van der Waals surface area contributed by atoms with Gasteiger partial charge in [-0.1, -0.05) is 6.07 Å². The van der Waals surface area contributed by atoms with Crippen LogP contribution in [0.3, 0.4) is 0 Å². The van der Waals surface area contributed by atoms with Crippen molar-refractivity contribution in [2.45, 2.75) is 12.7 Å². The zero-order valence-electron chi connectivity index (χ0n) is 15.1. The Bertz CT molecular complexity index is 950. The van der Waals surface area contributed by atoms with Crippen LogP contribution in [-0.2, 0) is 12.7 Å². The molecular weight excluding hydrogens is 375 g/mol. The van der Waals surface area contributed by atoms with Gasteiger partial charge >= 0.3 is 6.18 Å². The van der Waals surface area contributed by atoms with Gasteiger partial charge < -0.3 is 9.64 Å². The molecule has 4 rings (SSSR count). The largest absolute Gasteiger partial charge is 0.481 e. The molecule has 3 aromatic heterocycles. The third-order valence-electron chi connectivity index (χ3n) is 4.61. The molecular formula is C17H18F3N7O. The van der Waals surface area contributed by atoms with Crippen LogP contribution in [0.1, 0.15) is 11.4 Å². The predicted molar refractivity (Wildman–Crippen MR) is 94.1 cm³/mol. The number of rotatable bonds is 4. The lowest BCUT2D eigenvalue weighted by Crippen LogP contribution is -2.46. The molecule has 0 bridgehead atoms. The number of methoxy groups -OCH3 is 1. The Kier molecular flexibility index (Phi) is 4.75. The van der Waals surface area contributed by atoms with Crippen molar-refractivity contribution in [3.63, 3.8) is 0 Å². The Morgan fingerprint density at radius 3 is 2.46 bits per heavy atom. The van der Waals surface area contributed by atoms with Crippen LogP contribution < -0.4 is 9.64 Å². The monoisotopic (exact) mass is 393 g/mol. The highest BCUT2D eigenvalue weighted by Gasteiger charge is 2.37. The molecule has 1 aliphatic heterocycles. The molecule has 0 saturated carbocycles.